The number of thiophene rings is 1. The average molecular weight is 318 g/mol. The van der Waals surface area contributed by atoms with Gasteiger partial charge in [-0.25, -0.2) is 4.79 Å². The van der Waals surface area contributed by atoms with Crippen LogP contribution in [0.25, 0.3) is 0 Å². The number of rotatable bonds is 5. The van der Waals surface area contributed by atoms with Gasteiger partial charge in [0.15, 0.2) is 6.10 Å². The fourth-order valence-electron chi connectivity index (χ4n) is 1.61. The first-order valence-corrected chi connectivity index (χ1v) is 7.30. The van der Waals surface area contributed by atoms with E-state index in [1.165, 1.54) is 30.4 Å². The van der Waals surface area contributed by atoms with E-state index in [-0.39, 0.29) is 11.5 Å². The molecule has 2 amide bonds. The first kappa shape index (κ1) is 15.7. The summed E-state index contributed by atoms with van der Waals surface area (Å²) in [5.74, 6) is -1.67. The van der Waals surface area contributed by atoms with Crippen molar-refractivity contribution < 1.29 is 19.1 Å². The van der Waals surface area contributed by atoms with E-state index in [1.807, 2.05) is 0 Å². The van der Waals surface area contributed by atoms with Crippen LogP contribution in [-0.2, 0) is 9.53 Å². The number of amides is 2. The number of hydrogen-bond acceptors (Lipinski definition) is 5. The molecule has 2 aromatic rings. The molecule has 0 radical (unpaired) electrons. The summed E-state index contributed by atoms with van der Waals surface area (Å²) in [6.45, 7) is 1.39. The zero-order chi connectivity index (χ0) is 16.1. The van der Waals surface area contributed by atoms with Crippen molar-refractivity contribution in [2.45, 2.75) is 13.0 Å². The number of carbonyl (C=O) groups excluding carboxylic acids is 3. The molecule has 7 heteroatoms. The second-order valence-corrected chi connectivity index (χ2v) is 5.41. The number of benzene rings is 1. The van der Waals surface area contributed by atoms with Crippen LogP contribution in [0.15, 0.2) is 41.8 Å². The van der Waals surface area contributed by atoms with Crippen LogP contribution < -0.4 is 11.1 Å². The van der Waals surface area contributed by atoms with Gasteiger partial charge in [-0.1, -0.05) is 12.1 Å². The Balaban J connectivity index is 2.08. The van der Waals surface area contributed by atoms with Gasteiger partial charge in [0.05, 0.1) is 10.4 Å². The van der Waals surface area contributed by atoms with Gasteiger partial charge in [-0.2, -0.15) is 0 Å². The highest BCUT2D eigenvalue weighted by Gasteiger charge is 2.16. The number of esters is 1. The number of nitrogens with one attached hydrogen (secondary N) is 1. The Labute approximate surface area is 130 Å². The van der Waals surface area contributed by atoms with Crippen LogP contribution in [0.3, 0.4) is 0 Å². The number of nitrogens with two attached hydrogens (primary N) is 1. The van der Waals surface area contributed by atoms with Crippen LogP contribution in [0.1, 0.15) is 27.0 Å². The molecule has 0 aliphatic heterocycles. The molecular formula is C15H14N2O4S. The zero-order valence-corrected chi connectivity index (χ0v) is 12.6. The lowest BCUT2D eigenvalue weighted by Crippen LogP contribution is -2.30. The maximum atomic E-state index is 11.9. The molecule has 114 valence electrons. The first-order valence-electron chi connectivity index (χ1n) is 6.42. The smallest absolute Gasteiger partial charge is 0.338 e. The van der Waals surface area contributed by atoms with Gasteiger partial charge < -0.3 is 15.8 Å². The van der Waals surface area contributed by atoms with E-state index in [0.29, 0.717) is 10.6 Å². The third kappa shape index (κ3) is 3.92. The molecule has 0 aliphatic carbocycles. The number of primary amides is 1. The summed E-state index contributed by atoms with van der Waals surface area (Å²) >= 11 is 1.32. The van der Waals surface area contributed by atoms with Crippen LogP contribution in [0.4, 0.5) is 5.69 Å². The van der Waals surface area contributed by atoms with Gasteiger partial charge in [0.2, 0.25) is 0 Å². The molecule has 0 fully saturated rings. The molecule has 0 saturated heterocycles. The fraction of sp³-hybridized carbons (Fsp3) is 0.133. The average Bonchev–Trinajstić information content (AvgIpc) is 3.01. The Bertz CT molecular complexity index is 697. The molecule has 2 rings (SSSR count). The van der Waals surface area contributed by atoms with Crippen LogP contribution in [0.2, 0.25) is 0 Å². The van der Waals surface area contributed by atoms with Gasteiger partial charge in [0.1, 0.15) is 0 Å². The number of anilines is 1. The zero-order valence-electron chi connectivity index (χ0n) is 11.7. The molecule has 0 bridgehead atoms. The monoisotopic (exact) mass is 318 g/mol. The predicted octanol–water partition coefficient (Wildman–Crippen LogP) is 2.03. The van der Waals surface area contributed by atoms with Crippen molar-refractivity contribution in [3.8, 4) is 0 Å². The van der Waals surface area contributed by atoms with E-state index in [9.17, 15) is 14.4 Å². The van der Waals surface area contributed by atoms with Crippen molar-refractivity contribution in [3.05, 3.63) is 52.2 Å². The Morgan fingerprint density at radius 1 is 1.23 bits per heavy atom. The minimum atomic E-state index is -1.02. The van der Waals surface area contributed by atoms with Crippen LogP contribution in [0, 0.1) is 0 Å². The minimum absolute atomic E-state index is 0.220. The van der Waals surface area contributed by atoms with E-state index in [2.05, 4.69) is 5.32 Å². The summed E-state index contributed by atoms with van der Waals surface area (Å²) < 4.78 is 4.91. The molecule has 1 heterocycles. The summed E-state index contributed by atoms with van der Waals surface area (Å²) in [4.78, 5) is 35.3. The van der Waals surface area contributed by atoms with Crippen molar-refractivity contribution in [1.82, 2.24) is 0 Å². The summed E-state index contributed by atoms with van der Waals surface area (Å²) in [5, 5.41) is 4.49. The number of carbonyl (C=O) groups is 3. The van der Waals surface area contributed by atoms with Crippen molar-refractivity contribution >= 4 is 34.8 Å². The van der Waals surface area contributed by atoms with Crippen LogP contribution in [-0.4, -0.2) is 23.9 Å². The van der Waals surface area contributed by atoms with E-state index in [1.54, 1.807) is 29.6 Å². The third-order valence-corrected chi connectivity index (χ3v) is 3.65. The normalized spacial score (nSPS) is 11.5. The first-order chi connectivity index (χ1) is 10.5. The lowest BCUT2D eigenvalue weighted by molar-refractivity contribution is -0.125. The number of hydrogen-bond donors (Lipinski definition) is 2. The van der Waals surface area contributed by atoms with Gasteiger partial charge >= 0.3 is 5.97 Å². The van der Waals surface area contributed by atoms with Crippen LogP contribution in [0.5, 0.6) is 0 Å². The lowest BCUT2D eigenvalue weighted by Gasteiger charge is -2.10. The van der Waals surface area contributed by atoms with Crippen molar-refractivity contribution in [1.29, 1.82) is 0 Å². The lowest BCUT2D eigenvalue weighted by atomic mass is 10.2. The highest BCUT2D eigenvalue weighted by atomic mass is 32.1. The van der Waals surface area contributed by atoms with Gasteiger partial charge in [-0.15, -0.1) is 11.3 Å². The van der Waals surface area contributed by atoms with E-state index >= 15 is 0 Å². The quantitative estimate of drug-likeness (QED) is 0.824. The van der Waals surface area contributed by atoms with Crippen molar-refractivity contribution in [3.63, 3.8) is 0 Å². The highest BCUT2D eigenvalue weighted by Crippen LogP contribution is 2.15. The van der Waals surface area contributed by atoms with Crippen molar-refractivity contribution in [2.24, 2.45) is 5.73 Å². The Kier molecular flexibility index (Phi) is 4.90. The molecule has 0 spiro atoms. The van der Waals surface area contributed by atoms with E-state index in [4.69, 9.17) is 10.5 Å². The molecule has 0 saturated carbocycles. The second kappa shape index (κ2) is 6.86. The summed E-state index contributed by atoms with van der Waals surface area (Å²) in [5.41, 5.74) is 5.72. The Morgan fingerprint density at radius 2 is 2.00 bits per heavy atom. The maximum Gasteiger partial charge on any atom is 0.338 e. The molecule has 22 heavy (non-hydrogen) atoms. The summed E-state index contributed by atoms with van der Waals surface area (Å²) in [6.07, 6.45) is -1.02. The molecule has 3 N–H and O–H groups in total. The van der Waals surface area contributed by atoms with E-state index in [0.717, 1.165) is 0 Å². The molecule has 6 nitrogen and oxygen atoms in total. The standard InChI is InChI=1S/C15H14N2O4S/c1-9(13(16)18)21-15(20)10-4-2-5-11(8-10)17-14(19)12-6-3-7-22-12/h2-9H,1H3,(H2,16,18)(H,17,19)/t9-/m0/s1. The van der Waals surface area contributed by atoms with Gasteiger partial charge in [0, 0.05) is 5.69 Å². The van der Waals surface area contributed by atoms with E-state index < -0.39 is 18.0 Å². The molecule has 1 aromatic heterocycles. The third-order valence-electron chi connectivity index (χ3n) is 2.79. The van der Waals surface area contributed by atoms with Gasteiger partial charge in [-0.05, 0) is 36.6 Å². The van der Waals surface area contributed by atoms with Gasteiger partial charge in [0.25, 0.3) is 11.8 Å². The fourth-order valence-corrected chi connectivity index (χ4v) is 2.23. The highest BCUT2D eigenvalue weighted by molar-refractivity contribution is 7.12. The molecule has 1 atom stereocenters. The topological polar surface area (TPSA) is 98.5 Å². The van der Waals surface area contributed by atoms with Crippen LogP contribution >= 0.6 is 11.3 Å². The molecular weight excluding hydrogens is 304 g/mol. The van der Waals surface area contributed by atoms with Gasteiger partial charge in [-0.3, -0.25) is 9.59 Å². The molecule has 0 aliphatic rings. The second-order valence-electron chi connectivity index (χ2n) is 4.46. The van der Waals surface area contributed by atoms with Crippen molar-refractivity contribution in [2.75, 3.05) is 5.32 Å². The largest absolute Gasteiger partial charge is 0.449 e. The Hall–Kier alpha value is -2.67. The minimum Gasteiger partial charge on any atom is -0.449 e. The molecule has 1 aromatic carbocycles. The number of ether oxygens (including phenoxy) is 1. The predicted molar refractivity (Wildman–Crippen MR) is 82.8 cm³/mol. The summed E-state index contributed by atoms with van der Waals surface area (Å²) in [6, 6.07) is 9.74. The SMILES string of the molecule is C[C@H](OC(=O)c1cccc(NC(=O)c2cccs2)c1)C(N)=O. The Morgan fingerprint density at radius 3 is 2.64 bits per heavy atom. The summed E-state index contributed by atoms with van der Waals surface area (Å²) in [7, 11) is 0. The maximum absolute atomic E-state index is 11.9. The molecule has 0 unspecified atom stereocenters.